The predicted octanol–water partition coefficient (Wildman–Crippen LogP) is 4.03. The summed E-state index contributed by atoms with van der Waals surface area (Å²) in [4.78, 5) is 12.7. The highest BCUT2D eigenvalue weighted by atomic mass is 127. The van der Waals surface area contributed by atoms with Crippen LogP contribution in [0.5, 0.6) is 0 Å². The molecule has 154 valence electrons. The first-order chi connectivity index (χ1) is 14.4. The molecular formula is C22H20IN3O3S. The van der Waals surface area contributed by atoms with Gasteiger partial charge in [-0.25, -0.2) is 13.8 Å². The summed E-state index contributed by atoms with van der Waals surface area (Å²) in [5, 5.41) is 4.10. The summed E-state index contributed by atoms with van der Waals surface area (Å²) in [6, 6.07) is 24.4. The first kappa shape index (κ1) is 22.0. The summed E-state index contributed by atoms with van der Waals surface area (Å²) in [6.07, 6.45) is 0. The molecule has 0 aromatic heterocycles. The van der Waals surface area contributed by atoms with Crippen molar-refractivity contribution in [2.75, 3.05) is 10.8 Å². The zero-order valence-corrected chi connectivity index (χ0v) is 19.2. The van der Waals surface area contributed by atoms with Crippen LogP contribution in [0.25, 0.3) is 0 Å². The zero-order chi connectivity index (χ0) is 21.6. The van der Waals surface area contributed by atoms with E-state index in [2.05, 4.69) is 33.1 Å². The number of rotatable bonds is 7. The number of hydrazone groups is 1. The molecule has 1 N–H and O–H groups in total. The van der Waals surface area contributed by atoms with Crippen molar-refractivity contribution in [3.8, 4) is 0 Å². The van der Waals surface area contributed by atoms with Crippen molar-refractivity contribution in [2.24, 2.45) is 5.10 Å². The van der Waals surface area contributed by atoms with Crippen molar-refractivity contribution in [3.63, 3.8) is 0 Å². The van der Waals surface area contributed by atoms with Gasteiger partial charge in [-0.15, -0.1) is 0 Å². The lowest BCUT2D eigenvalue weighted by atomic mass is 10.1. The van der Waals surface area contributed by atoms with Gasteiger partial charge in [0.15, 0.2) is 0 Å². The fraction of sp³-hybridized carbons (Fsp3) is 0.0909. The molecule has 0 unspecified atom stereocenters. The van der Waals surface area contributed by atoms with E-state index in [4.69, 9.17) is 0 Å². The summed E-state index contributed by atoms with van der Waals surface area (Å²) in [5.41, 5.74) is 4.34. The van der Waals surface area contributed by atoms with E-state index in [0.29, 0.717) is 11.4 Å². The molecule has 8 heteroatoms. The van der Waals surface area contributed by atoms with Gasteiger partial charge in [-0.2, -0.15) is 5.10 Å². The SMILES string of the molecule is C/C(=N/NC(=O)CN(c1ccc(I)cc1)S(=O)(=O)c1ccccc1)c1ccccc1. The zero-order valence-electron chi connectivity index (χ0n) is 16.2. The molecule has 0 fully saturated rings. The van der Waals surface area contributed by atoms with E-state index >= 15 is 0 Å². The van der Waals surface area contributed by atoms with Gasteiger partial charge in [0.1, 0.15) is 6.54 Å². The Morgan fingerprint density at radius 1 is 0.933 bits per heavy atom. The summed E-state index contributed by atoms with van der Waals surface area (Å²) >= 11 is 2.14. The van der Waals surface area contributed by atoms with E-state index in [1.807, 2.05) is 30.3 Å². The minimum absolute atomic E-state index is 0.111. The highest BCUT2D eigenvalue weighted by Crippen LogP contribution is 2.24. The number of amides is 1. The Kier molecular flexibility index (Phi) is 7.22. The molecule has 0 saturated carbocycles. The monoisotopic (exact) mass is 533 g/mol. The molecule has 0 heterocycles. The smallest absolute Gasteiger partial charge is 0.264 e. The number of halogens is 1. The minimum Gasteiger partial charge on any atom is -0.271 e. The van der Waals surface area contributed by atoms with Gasteiger partial charge in [-0.3, -0.25) is 9.10 Å². The average molecular weight is 533 g/mol. The van der Waals surface area contributed by atoms with E-state index in [0.717, 1.165) is 13.4 Å². The molecule has 0 saturated heterocycles. The van der Waals surface area contributed by atoms with Gasteiger partial charge in [-0.1, -0.05) is 48.5 Å². The Morgan fingerprint density at radius 2 is 1.50 bits per heavy atom. The summed E-state index contributed by atoms with van der Waals surface area (Å²) in [6.45, 7) is 1.37. The lowest BCUT2D eigenvalue weighted by molar-refractivity contribution is -0.119. The van der Waals surface area contributed by atoms with Gasteiger partial charge in [0.25, 0.3) is 15.9 Å². The topological polar surface area (TPSA) is 78.8 Å². The van der Waals surface area contributed by atoms with Gasteiger partial charge in [0.05, 0.1) is 16.3 Å². The summed E-state index contributed by atoms with van der Waals surface area (Å²) in [7, 11) is -3.93. The number of carbonyl (C=O) groups excluding carboxylic acids is 1. The van der Waals surface area contributed by atoms with Crippen LogP contribution in [0.1, 0.15) is 12.5 Å². The average Bonchev–Trinajstić information content (AvgIpc) is 2.77. The van der Waals surface area contributed by atoms with Crippen LogP contribution < -0.4 is 9.73 Å². The molecule has 6 nitrogen and oxygen atoms in total. The first-order valence-electron chi connectivity index (χ1n) is 9.10. The molecular weight excluding hydrogens is 513 g/mol. The van der Waals surface area contributed by atoms with E-state index in [1.165, 1.54) is 12.1 Å². The molecule has 1 amide bonds. The van der Waals surface area contributed by atoms with Gasteiger partial charge in [-0.05, 0) is 71.5 Å². The molecule has 3 aromatic carbocycles. The highest BCUT2D eigenvalue weighted by Gasteiger charge is 2.27. The lowest BCUT2D eigenvalue weighted by Gasteiger charge is -2.23. The molecule has 3 aromatic rings. The predicted molar refractivity (Wildman–Crippen MR) is 127 cm³/mol. The standard InChI is InChI=1S/C22H20IN3O3S/c1-17(18-8-4-2-5-9-18)24-25-22(27)16-26(20-14-12-19(23)13-15-20)30(28,29)21-10-6-3-7-11-21/h2-15H,16H2,1H3,(H,25,27)/b24-17-. The van der Waals surface area contributed by atoms with E-state index in [9.17, 15) is 13.2 Å². The number of anilines is 1. The molecule has 0 aliphatic heterocycles. The molecule has 0 atom stereocenters. The molecule has 0 aliphatic carbocycles. The van der Waals surface area contributed by atoms with Crippen LogP contribution in [0.4, 0.5) is 5.69 Å². The van der Waals surface area contributed by atoms with Crippen LogP contribution >= 0.6 is 22.6 Å². The third-order valence-corrected chi connectivity index (χ3v) is 6.78. The lowest BCUT2D eigenvalue weighted by Crippen LogP contribution is -2.39. The Bertz CT molecular complexity index is 1130. The van der Waals surface area contributed by atoms with Crippen LogP contribution in [-0.2, 0) is 14.8 Å². The van der Waals surface area contributed by atoms with Crippen molar-refractivity contribution < 1.29 is 13.2 Å². The van der Waals surface area contributed by atoms with E-state index < -0.39 is 22.5 Å². The fourth-order valence-electron chi connectivity index (χ4n) is 2.70. The van der Waals surface area contributed by atoms with Crippen LogP contribution in [0.15, 0.2) is 94.9 Å². The molecule has 3 rings (SSSR count). The van der Waals surface area contributed by atoms with Crippen LogP contribution in [0.2, 0.25) is 0 Å². The van der Waals surface area contributed by atoms with Crippen molar-refractivity contribution in [1.82, 2.24) is 5.43 Å². The molecule has 0 bridgehead atoms. The van der Waals surface area contributed by atoms with Gasteiger partial charge < -0.3 is 0 Å². The van der Waals surface area contributed by atoms with E-state index in [-0.39, 0.29) is 4.90 Å². The molecule has 0 radical (unpaired) electrons. The number of hydrogen-bond acceptors (Lipinski definition) is 4. The number of sulfonamides is 1. The maximum Gasteiger partial charge on any atom is 0.264 e. The molecule has 30 heavy (non-hydrogen) atoms. The second-order valence-electron chi connectivity index (χ2n) is 6.40. The maximum atomic E-state index is 13.2. The van der Waals surface area contributed by atoms with Gasteiger partial charge >= 0.3 is 0 Å². The second kappa shape index (κ2) is 9.86. The van der Waals surface area contributed by atoms with Crippen LogP contribution in [0, 0.1) is 3.57 Å². The minimum atomic E-state index is -3.93. The molecule has 0 spiro atoms. The third kappa shape index (κ3) is 5.45. The van der Waals surface area contributed by atoms with Crippen molar-refractivity contribution in [3.05, 3.63) is 94.1 Å². The Labute approximate surface area is 189 Å². The second-order valence-corrected chi connectivity index (χ2v) is 9.51. The highest BCUT2D eigenvalue weighted by molar-refractivity contribution is 14.1. The summed E-state index contributed by atoms with van der Waals surface area (Å²) < 4.78 is 28.5. The number of benzene rings is 3. The number of carbonyl (C=O) groups is 1. The normalized spacial score (nSPS) is 11.7. The number of hydrogen-bond donors (Lipinski definition) is 1. The van der Waals surface area contributed by atoms with Crippen LogP contribution in [-0.4, -0.2) is 26.6 Å². The van der Waals surface area contributed by atoms with E-state index in [1.54, 1.807) is 49.4 Å². The number of nitrogens with one attached hydrogen (secondary N) is 1. The molecule has 0 aliphatic rings. The Morgan fingerprint density at radius 3 is 2.10 bits per heavy atom. The van der Waals surface area contributed by atoms with Crippen LogP contribution in [0.3, 0.4) is 0 Å². The van der Waals surface area contributed by atoms with Crippen molar-refractivity contribution >= 4 is 49.9 Å². The Balaban J connectivity index is 1.86. The fourth-order valence-corrected chi connectivity index (χ4v) is 4.50. The summed E-state index contributed by atoms with van der Waals surface area (Å²) in [5.74, 6) is -0.539. The number of nitrogens with zero attached hydrogens (tertiary/aromatic N) is 2. The largest absolute Gasteiger partial charge is 0.271 e. The third-order valence-electron chi connectivity index (χ3n) is 4.27. The van der Waals surface area contributed by atoms with Crippen molar-refractivity contribution in [1.29, 1.82) is 0 Å². The quantitative estimate of drug-likeness (QED) is 0.283. The Hall–Kier alpha value is -2.72. The van der Waals surface area contributed by atoms with Gasteiger partial charge in [0.2, 0.25) is 0 Å². The first-order valence-corrected chi connectivity index (χ1v) is 11.6. The maximum absolute atomic E-state index is 13.2. The van der Waals surface area contributed by atoms with Gasteiger partial charge in [0, 0.05) is 3.57 Å². The van der Waals surface area contributed by atoms with Crippen molar-refractivity contribution in [2.45, 2.75) is 11.8 Å².